The minimum atomic E-state index is -3.41. The fraction of sp³-hybridized carbons (Fsp3) is 0.562. The van der Waals surface area contributed by atoms with Crippen LogP contribution in [0.2, 0.25) is 0 Å². The number of hydrogen-bond acceptors (Lipinski definition) is 4. The molecule has 0 unspecified atom stereocenters. The van der Waals surface area contributed by atoms with Crippen molar-refractivity contribution in [3.8, 4) is 0 Å². The quantitative estimate of drug-likeness (QED) is 0.691. The first-order chi connectivity index (χ1) is 10.9. The van der Waals surface area contributed by atoms with Gasteiger partial charge in [-0.3, -0.25) is 4.79 Å². The van der Waals surface area contributed by atoms with Crippen LogP contribution >= 0.6 is 0 Å². The molecular formula is C16H24N2O4S. The second kappa shape index (κ2) is 7.90. The smallest absolute Gasteiger partial charge is 0.238 e. The molecule has 23 heavy (non-hydrogen) atoms. The number of carbonyl (C=O) groups is 1. The number of sulfonamides is 1. The van der Waals surface area contributed by atoms with Crippen LogP contribution in [0.25, 0.3) is 0 Å². The molecule has 0 saturated carbocycles. The summed E-state index contributed by atoms with van der Waals surface area (Å²) >= 11 is 0. The molecule has 2 rings (SSSR count). The maximum atomic E-state index is 12.5. The van der Waals surface area contributed by atoms with E-state index in [2.05, 4.69) is 6.07 Å². The van der Waals surface area contributed by atoms with Crippen LogP contribution in [0.5, 0.6) is 0 Å². The normalized spacial score (nSPS) is 14.8. The van der Waals surface area contributed by atoms with Crippen LogP contribution in [0, 0.1) is 0 Å². The predicted octanol–water partition coefficient (Wildman–Crippen LogP) is 0.869. The Balaban J connectivity index is 1.99. The molecule has 0 aliphatic carbocycles. The largest absolute Gasteiger partial charge is 0.385 e. The van der Waals surface area contributed by atoms with Gasteiger partial charge in [-0.15, -0.1) is 0 Å². The molecule has 1 aromatic carbocycles. The Hall–Kier alpha value is -1.44. The summed E-state index contributed by atoms with van der Waals surface area (Å²) in [4.78, 5) is 14.2. The Morgan fingerprint density at radius 1 is 1.30 bits per heavy atom. The molecule has 6 nitrogen and oxygen atoms in total. The van der Waals surface area contributed by atoms with E-state index in [9.17, 15) is 13.2 Å². The highest BCUT2D eigenvalue weighted by atomic mass is 32.2. The standard InChI is InChI=1S/C16H24N2O4S/c1-22-11-5-9-18(23(2,20)21)13-16(19)17-10-8-14-6-3-4-7-15(14)12-17/h3-4,6-7H,5,8-13H2,1-2H3. The molecule has 1 aromatic rings. The number of benzene rings is 1. The van der Waals surface area contributed by atoms with Gasteiger partial charge < -0.3 is 9.64 Å². The van der Waals surface area contributed by atoms with Gasteiger partial charge in [-0.1, -0.05) is 24.3 Å². The van der Waals surface area contributed by atoms with Crippen molar-refractivity contribution >= 4 is 15.9 Å². The molecule has 1 amide bonds. The average Bonchev–Trinajstić information content (AvgIpc) is 2.52. The fourth-order valence-electron chi connectivity index (χ4n) is 2.71. The lowest BCUT2D eigenvalue weighted by atomic mass is 10.00. The van der Waals surface area contributed by atoms with Crippen molar-refractivity contribution in [1.29, 1.82) is 0 Å². The molecule has 0 aromatic heterocycles. The van der Waals surface area contributed by atoms with Gasteiger partial charge in [-0.25, -0.2) is 8.42 Å². The number of carbonyl (C=O) groups excluding carboxylic acids is 1. The summed E-state index contributed by atoms with van der Waals surface area (Å²) in [6, 6.07) is 8.05. The molecular weight excluding hydrogens is 316 g/mol. The van der Waals surface area contributed by atoms with Crippen LogP contribution in [0.1, 0.15) is 17.5 Å². The lowest BCUT2D eigenvalue weighted by Crippen LogP contribution is -2.44. The summed E-state index contributed by atoms with van der Waals surface area (Å²) in [5.41, 5.74) is 2.40. The first kappa shape index (κ1) is 17.9. The Morgan fingerprint density at radius 3 is 2.65 bits per heavy atom. The topological polar surface area (TPSA) is 66.9 Å². The summed E-state index contributed by atoms with van der Waals surface area (Å²) in [6.45, 7) is 1.83. The van der Waals surface area contributed by atoms with Crippen molar-refractivity contribution in [2.24, 2.45) is 0 Å². The molecule has 1 aliphatic rings. The van der Waals surface area contributed by atoms with Crippen LogP contribution in [0.3, 0.4) is 0 Å². The van der Waals surface area contributed by atoms with Gasteiger partial charge >= 0.3 is 0 Å². The first-order valence-corrected chi connectivity index (χ1v) is 9.55. The molecule has 0 saturated heterocycles. The third kappa shape index (κ3) is 5.02. The molecule has 1 aliphatic heterocycles. The highest BCUT2D eigenvalue weighted by Gasteiger charge is 2.25. The van der Waals surface area contributed by atoms with E-state index < -0.39 is 10.0 Å². The maximum Gasteiger partial charge on any atom is 0.238 e. The van der Waals surface area contributed by atoms with Gasteiger partial charge in [0, 0.05) is 33.4 Å². The minimum Gasteiger partial charge on any atom is -0.385 e. The number of methoxy groups -OCH3 is 1. The van der Waals surface area contributed by atoms with Crippen LogP contribution in [0.4, 0.5) is 0 Å². The van der Waals surface area contributed by atoms with Gasteiger partial charge in [0.25, 0.3) is 0 Å². The molecule has 0 N–H and O–H groups in total. The number of amides is 1. The number of ether oxygens (including phenoxy) is 1. The SMILES string of the molecule is COCCCN(CC(=O)N1CCc2ccccc2C1)S(C)(=O)=O. The summed E-state index contributed by atoms with van der Waals surface area (Å²) in [5, 5.41) is 0. The van der Waals surface area contributed by atoms with Crippen molar-refractivity contribution in [2.75, 3.05) is 39.6 Å². The van der Waals surface area contributed by atoms with Gasteiger partial charge in [-0.2, -0.15) is 4.31 Å². The Kier molecular flexibility index (Phi) is 6.15. The van der Waals surface area contributed by atoms with Crippen LogP contribution in [-0.2, 0) is 32.5 Å². The van der Waals surface area contributed by atoms with Crippen molar-refractivity contribution in [3.05, 3.63) is 35.4 Å². The minimum absolute atomic E-state index is 0.106. The number of rotatable bonds is 7. The molecule has 128 valence electrons. The molecule has 1 heterocycles. The van der Waals surface area contributed by atoms with E-state index in [-0.39, 0.29) is 12.5 Å². The molecule has 0 radical (unpaired) electrons. The van der Waals surface area contributed by atoms with Gasteiger partial charge in [-0.05, 0) is 24.0 Å². The zero-order valence-electron chi connectivity index (χ0n) is 13.7. The highest BCUT2D eigenvalue weighted by Crippen LogP contribution is 2.18. The lowest BCUT2D eigenvalue weighted by Gasteiger charge is -2.30. The zero-order chi connectivity index (χ0) is 16.9. The van der Waals surface area contributed by atoms with Gasteiger partial charge in [0.1, 0.15) is 0 Å². The van der Waals surface area contributed by atoms with E-state index in [0.717, 1.165) is 18.2 Å². The molecule has 7 heteroatoms. The second-order valence-corrected chi connectivity index (χ2v) is 7.76. The van der Waals surface area contributed by atoms with Crippen molar-refractivity contribution in [1.82, 2.24) is 9.21 Å². The van der Waals surface area contributed by atoms with E-state index in [1.54, 1.807) is 12.0 Å². The number of fused-ring (bicyclic) bond motifs is 1. The van der Waals surface area contributed by atoms with E-state index >= 15 is 0 Å². The van der Waals surface area contributed by atoms with Gasteiger partial charge in [0.2, 0.25) is 15.9 Å². The van der Waals surface area contributed by atoms with E-state index in [1.807, 2.05) is 18.2 Å². The van der Waals surface area contributed by atoms with E-state index in [0.29, 0.717) is 32.7 Å². The lowest BCUT2D eigenvalue weighted by molar-refractivity contribution is -0.132. The summed E-state index contributed by atoms with van der Waals surface area (Å²) in [6.07, 6.45) is 2.52. The van der Waals surface area contributed by atoms with Crippen LogP contribution in [0.15, 0.2) is 24.3 Å². The van der Waals surface area contributed by atoms with E-state index in [1.165, 1.54) is 9.87 Å². The van der Waals surface area contributed by atoms with E-state index in [4.69, 9.17) is 4.74 Å². The van der Waals surface area contributed by atoms with Crippen molar-refractivity contribution in [2.45, 2.75) is 19.4 Å². The highest BCUT2D eigenvalue weighted by molar-refractivity contribution is 7.88. The molecule has 0 spiro atoms. The molecule has 0 bridgehead atoms. The van der Waals surface area contributed by atoms with Crippen molar-refractivity contribution in [3.63, 3.8) is 0 Å². The van der Waals surface area contributed by atoms with Crippen molar-refractivity contribution < 1.29 is 17.9 Å². The second-order valence-electron chi connectivity index (χ2n) is 5.78. The summed E-state index contributed by atoms with van der Waals surface area (Å²) < 4.78 is 29.9. The Labute approximate surface area is 138 Å². The predicted molar refractivity (Wildman–Crippen MR) is 88.5 cm³/mol. The first-order valence-electron chi connectivity index (χ1n) is 7.70. The average molecular weight is 340 g/mol. The number of nitrogens with zero attached hydrogens (tertiary/aromatic N) is 2. The Morgan fingerprint density at radius 2 is 2.00 bits per heavy atom. The van der Waals surface area contributed by atoms with Crippen LogP contribution in [-0.4, -0.2) is 63.1 Å². The summed E-state index contributed by atoms with van der Waals surface area (Å²) in [5.74, 6) is -0.151. The fourth-order valence-corrected chi connectivity index (χ4v) is 3.51. The third-order valence-corrected chi connectivity index (χ3v) is 5.27. The van der Waals surface area contributed by atoms with Gasteiger partial charge in [0.15, 0.2) is 0 Å². The Bertz CT molecular complexity index is 645. The molecule has 0 atom stereocenters. The van der Waals surface area contributed by atoms with Crippen LogP contribution < -0.4 is 0 Å². The third-order valence-electron chi connectivity index (χ3n) is 4.02. The zero-order valence-corrected chi connectivity index (χ0v) is 14.5. The van der Waals surface area contributed by atoms with Gasteiger partial charge in [0.05, 0.1) is 12.8 Å². The maximum absolute atomic E-state index is 12.5. The number of hydrogen-bond donors (Lipinski definition) is 0. The summed E-state index contributed by atoms with van der Waals surface area (Å²) in [7, 11) is -1.84. The molecule has 0 fully saturated rings. The monoisotopic (exact) mass is 340 g/mol.